The zero-order chi connectivity index (χ0) is 13.0. The Labute approximate surface area is 116 Å². The van der Waals surface area contributed by atoms with Crippen LogP contribution in [0.4, 0.5) is 4.39 Å². The fourth-order valence-electron chi connectivity index (χ4n) is 2.13. The van der Waals surface area contributed by atoms with Crippen molar-refractivity contribution in [2.45, 2.75) is 19.3 Å². The molecule has 0 aliphatic carbocycles. The average Bonchev–Trinajstić information content (AvgIpc) is 2.38. The molecule has 0 heterocycles. The number of halogens is 2. The maximum absolute atomic E-state index is 13.3. The van der Waals surface area contributed by atoms with Crippen molar-refractivity contribution in [2.24, 2.45) is 0 Å². The Hall–Kier alpha value is -1.15. The van der Waals surface area contributed by atoms with Gasteiger partial charge in [-0.15, -0.1) is 0 Å². The van der Waals surface area contributed by atoms with E-state index in [9.17, 15) is 4.39 Å². The summed E-state index contributed by atoms with van der Waals surface area (Å²) in [6, 6.07) is 15.2. The molecule has 0 nitrogen and oxygen atoms in total. The lowest BCUT2D eigenvalue weighted by Crippen LogP contribution is -2.06. The van der Waals surface area contributed by atoms with Crippen LogP contribution in [0.5, 0.6) is 0 Å². The molecule has 0 aliphatic heterocycles. The third-order valence-corrected chi connectivity index (χ3v) is 4.02. The maximum atomic E-state index is 13.3. The van der Waals surface area contributed by atoms with Gasteiger partial charge in [-0.3, -0.25) is 0 Å². The van der Waals surface area contributed by atoms with Crippen LogP contribution in [0, 0.1) is 12.7 Å². The van der Waals surface area contributed by atoms with Gasteiger partial charge in [0.1, 0.15) is 5.82 Å². The lowest BCUT2D eigenvalue weighted by molar-refractivity contribution is 0.621. The quantitative estimate of drug-likeness (QED) is 0.708. The van der Waals surface area contributed by atoms with Crippen molar-refractivity contribution in [3.05, 3.63) is 71.0 Å². The van der Waals surface area contributed by atoms with E-state index in [1.807, 2.05) is 12.1 Å². The van der Waals surface area contributed by atoms with Crippen LogP contribution in [-0.2, 0) is 6.42 Å². The number of benzene rings is 2. The van der Waals surface area contributed by atoms with Crippen LogP contribution in [0.1, 0.15) is 22.6 Å². The molecule has 94 valence electrons. The highest BCUT2D eigenvalue weighted by atomic mass is 79.9. The van der Waals surface area contributed by atoms with Gasteiger partial charge < -0.3 is 0 Å². The molecule has 0 N–H and O–H groups in total. The van der Waals surface area contributed by atoms with E-state index in [1.54, 1.807) is 12.1 Å². The fourth-order valence-corrected chi connectivity index (χ4v) is 2.73. The van der Waals surface area contributed by atoms with Crippen molar-refractivity contribution in [3.8, 4) is 0 Å². The molecule has 0 spiro atoms. The molecular weight excluding hydrogens is 291 g/mol. The summed E-state index contributed by atoms with van der Waals surface area (Å²) in [4.78, 5) is 0. The molecule has 0 saturated carbocycles. The van der Waals surface area contributed by atoms with Crippen molar-refractivity contribution in [1.29, 1.82) is 0 Å². The zero-order valence-electron chi connectivity index (χ0n) is 10.4. The summed E-state index contributed by atoms with van der Waals surface area (Å²) in [6.45, 7) is 2.12. The summed E-state index contributed by atoms with van der Waals surface area (Å²) in [5.41, 5.74) is 3.67. The summed E-state index contributed by atoms with van der Waals surface area (Å²) >= 11 is 3.54. The van der Waals surface area contributed by atoms with Crippen LogP contribution in [0.3, 0.4) is 0 Å². The largest absolute Gasteiger partial charge is 0.207 e. The summed E-state index contributed by atoms with van der Waals surface area (Å²) < 4.78 is 13.3. The average molecular weight is 307 g/mol. The predicted molar refractivity (Wildman–Crippen MR) is 77.8 cm³/mol. The number of rotatable bonds is 4. The summed E-state index contributed by atoms with van der Waals surface area (Å²) in [5, 5.41) is 0.838. The van der Waals surface area contributed by atoms with Crippen LogP contribution >= 0.6 is 15.9 Å². The van der Waals surface area contributed by atoms with Crippen molar-refractivity contribution < 1.29 is 4.39 Å². The van der Waals surface area contributed by atoms with Gasteiger partial charge in [0, 0.05) is 5.33 Å². The highest BCUT2D eigenvalue weighted by Crippen LogP contribution is 2.25. The first-order chi connectivity index (χ1) is 8.70. The normalized spacial score (nSPS) is 12.4. The molecule has 0 aromatic heterocycles. The third kappa shape index (κ3) is 3.20. The number of alkyl halides is 1. The second kappa shape index (κ2) is 6.14. The van der Waals surface area contributed by atoms with E-state index in [2.05, 4.69) is 41.1 Å². The molecule has 2 aromatic rings. The molecule has 2 rings (SSSR count). The van der Waals surface area contributed by atoms with Crippen LogP contribution in [0.2, 0.25) is 0 Å². The van der Waals surface area contributed by atoms with Crippen molar-refractivity contribution in [3.63, 3.8) is 0 Å². The van der Waals surface area contributed by atoms with E-state index in [-0.39, 0.29) is 5.82 Å². The van der Waals surface area contributed by atoms with Crippen LogP contribution < -0.4 is 0 Å². The van der Waals surface area contributed by atoms with Crippen LogP contribution in [0.15, 0.2) is 48.5 Å². The van der Waals surface area contributed by atoms with Gasteiger partial charge in [0.05, 0.1) is 0 Å². The molecule has 1 atom stereocenters. The summed E-state index contributed by atoms with van der Waals surface area (Å²) in [6.07, 6.45) is 0.932. The molecule has 2 aromatic carbocycles. The number of hydrogen-bond donors (Lipinski definition) is 0. The van der Waals surface area contributed by atoms with E-state index < -0.39 is 0 Å². The van der Waals surface area contributed by atoms with E-state index >= 15 is 0 Å². The van der Waals surface area contributed by atoms with Crippen molar-refractivity contribution in [2.75, 3.05) is 5.33 Å². The highest BCUT2D eigenvalue weighted by molar-refractivity contribution is 9.09. The minimum Gasteiger partial charge on any atom is -0.207 e. The van der Waals surface area contributed by atoms with Gasteiger partial charge in [-0.2, -0.15) is 0 Å². The van der Waals surface area contributed by atoms with Gasteiger partial charge in [-0.25, -0.2) is 4.39 Å². The maximum Gasteiger partial charge on any atom is 0.123 e. The Kier molecular flexibility index (Phi) is 4.54. The highest BCUT2D eigenvalue weighted by Gasteiger charge is 2.12. The van der Waals surface area contributed by atoms with E-state index in [0.29, 0.717) is 5.92 Å². The van der Waals surface area contributed by atoms with E-state index in [4.69, 9.17) is 0 Å². The first-order valence-corrected chi connectivity index (χ1v) is 7.19. The minimum absolute atomic E-state index is 0.164. The molecular formula is C16H16BrF. The van der Waals surface area contributed by atoms with Gasteiger partial charge >= 0.3 is 0 Å². The Morgan fingerprint density at radius 2 is 1.89 bits per heavy atom. The second-order valence-electron chi connectivity index (χ2n) is 4.54. The number of hydrogen-bond acceptors (Lipinski definition) is 0. The van der Waals surface area contributed by atoms with Crippen molar-refractivity contribution >= 4 is 15.9 Å². The molecule has 0 bridgehead atoms. The molecule has 0 radical (unpaired) electrons. The van der Waals surface area contributed by atoms with Crippen LogP contribution in [-0.4, -0.2) is 5.33 Å². The predicted octanol–water partition coefficient (Wildman–Crippen LogP) is 4.86. The van der Waals surface area contributed by atoms with Gasteiger partial charge in [0.15, 0.2) is 0 Å². The monoisotopic (exact) mass is 306 g/mol. The summed E-state index contributed by atoms with van der Waals surface area (Å²) in [5.74, 6) is 0.144. The topological polar surface area (TPSA) is 0 Å². The molecule has 0 saturated heterocycles. The smallest absolute Gasteiger partial charge is 0.123 e. The van der Waals surface area contributed by atoms with Gasteiger partial charge in [0.2, 0.25) is 0 Å². The van der Waals surface area contributed by atoms with E-state index in [1.165, 1.54) is 17.2 Å². The second-order valence-corrected chi connectivity index (χ2v) is 5.18. The van der Waals surface area contributed by atoms with E-state index in [0.717, 1.165) is 17.3 Å². The molecule has 0 amide bonds. The van der Waals surface area contributed by atoms with Gasteiger partial charge in [-0.05, 0) is 48.1 Å². The first kappa shape index (κ1) is 13.3. The minimum atomic E-state index is -0.164. The molecule has 0 fully saturated rings. The third-order valence-electron chi connectivity index (χ3n) is 3.23. The SMILES string of the molecule is Cc1ccccc1CC(CBr)c1cccc(F)c1. The lowest BCUT2D eigenvalue weighted by Gasteiger charge is -2.16. The fraction of sp³-hybridized carbons (Fsp3) is 0.250. The number of aryl methyl sites for hydroxylation is 1. The van der Waals surface area contributed by atoms with Gasteiger partial charge in [0.25, 0.3) is 0 Å². The van der Waals surface area contributed by atoms with Gasteiger partial charge in [-0.1, -0.05) is 52.3 Å². The first-order valence-electron chi connectivity index (χ1n) is 6.06. The Balaban J connectivity index is 2.23. The zero-order valence-corrected chi connectivity index (χ0v) is 12.0. The van der Waals surface area contributed by atoms with Crippen LogP contribution in [0.25, 0.3) is 0 Å². The molecule has 2 heteroatoms. The molecule has 1 unspecified atom stereocenters. The molecule has 18 heavy (non-hydrogen) atoms. The van der Waals surface area contributed by atoms with Crippen molar-refractivity contribution in [1.82, 2.24) is 0 Å². The summed E-state index contributed by atoms with van der Waals surface area (Å²) in [7, 11) is 0. The Morgan fingerprint density at radius 1 is 1.11 bits per heavy atom. The Bertz CT molecular complexity index is 522. The standard InChI is InChI=1S/C16H16BrF/c1-12-5-2-3-6-13(12)9-15(11-17)14-7-4-8-16(18)10-14/h2-8,10,15H,9,11H2,1H3. The molecule has 0 aliphatic rings. The Morgan fingerprint density at radius 3 is 2.56 bits per heavy atom. The lowest BCUT2D eigenvalue weighted by atomic mass is 9.92.